The van der Waals surface area contributed by atoms with Gasteiger partial charge in [0.25, 0.3) is 0 Å². The fourth-order valence-electron chi connectivity index (χ4n) is 6.73. The Morgan fingerprint density at radius 3 is 1.82 bits per heavy atom. The number of nitrogens with zero attached hydrogens (tertiary/aromatic N) is 5. The molecule has 0 atom stereocenters. The monoisotopic (exact) mass is 785 g/mol. The molecular formula is C42H51N5O6S2. The third-order valence-electron chi connectivity index (χ3n) is 10.1. The summed E-state index contributed by atoms with van der Waals surface area (Å²) in [7, 11) is 4.05. The van der Waals surface area contributed by atoms with Crippen molar-refractivity contribution in [3.8, 4) is 11.5 Å². The van der Waals surface area contributed by atoms with Crippen LogP contribution in [-0.2, 0) is 22.7 Å². The summed E-state index contributed by atoms with van der Waals surface area (Å²) < 4.78 is 22.7. The van der Waals surface area contributed by atoms with Gasteiger partial charge in [0.2, 0.25) is 0 Å². The van der Waals surface area contributed by atoms with E-state index in [-0.39, 0.29) is 25.4 Å². The lowest BCUT2D eigenvalue weighted by atomic mass is 9.94. The number of ether oxygens (including phenoxy) is 4. The van der Waals surface area contributed by atoms with E-state index < -0.39 is 0 Å². The lowest BCUT2D eigenvalue weighted by molar-refractivity contribution is 0.0786. The number of amides is 2. The number of thiazole rings is 2. The summed E-state index contributed by atoms with van der Waals surface area (Å²) in [5.74, 6) is 3.02. The van der Waals surface area contributed by atoms with Crippen LogP contribution in [-0.4, -0.2) is 85.4 Å². The fraction of sp³-hybridized carbons (Fsp3) is 0.429. The Labute approximate surface area is 331 Å². The van der Waals surface area contributed by atoms with E-state index in [4.69, 9.17) is 18.9 Å². The molecule has 4 heterocycles. The summed E-state index contributed by atoms with van der Waals surface area (Å²) in [6, 6.07) is 22.6. The van der Waals surface area contributed by atoms with E-state index in [2.05, 4.69) is 45.2 Å². The van der Waals surface area contributed by atoms with Crippen molar-refractivity contribution in [3.05, 3.63) is 99.9 Å². The number of rotatable bonds is 13. The second-order valence-electron chi connectivity index (χ2n) is 14.1. The van der Waals surface area contributed by atoms with Crippen LogP contribution in [0.2, 0.25) is 0 Å². The number of carbonyl (C=O) groups excluding carboxylic acids is 2. The molecule has 2 aliphatic rings. The molecule has 0 saturated carbocycles. The molecule has 0 radical (unpaired) electrons. The van der Waals surface area contributed by atoms with E-state index >= 15 is 0 Å². The highest BCUT2D eigenvalue weighted by atomic mass is 32.1. The lowest BCUT2D eigenvalue weighted by Crippen LogP contribution is -2.39. The minimum atomic E-state index is -0.238. The van der Waals surface area contributed by atoms with Gasteiger partial charge in [-0.3, -0.25) is 0 Å². The minimum absolute atomic E-state index is 0.238. The first-order valence-electron chi connectivity index (χ1n) is 19.0. The zero-order valence-electron chi connectivity index (χ0n) is 31.7. The predicted molar refractivity (Wildman–Crippen MR) is 218 cm³/mol. The molecule has 0 N–H and O–H groups in total. The first-order chi connectivity index (χ1) is 26.9. The Morgan fingerprint density at radius 2 is 1.25 bits per heavy atom. The molecule has 0 spiro atoms. The van der Waals surface area contributed by atoms with Crippen LogP contribution in [0.25, 0.3) is 10.8 Å². The van der Waals surface area contributed by atoms with Crippen LogP contribution in [0.5, 0.6) is 11.5 Å². The van der Waals surface area contributed by atoms with Crippen LogP contribution < -0.4 is 14.4 Å². The van der Waals surface area contributed by atoms with E-state index in [1.54, 1.807) is 20.8 Å². The van der Waals surface area contributed by atoms with Gasteiger partial charge in [0.15, 0.2) is 0 Å². The van der Waals surface area contributed by atoms with Gasteiger partial charge < -0.3 is 33.6 Å². The quantitative estimate of drug-likeness (QED) is 0.116. The molecule has 0 aliphatic carbocycles. The summed E-state index contributed by atoms with van der Waals surface area (Å²) in [5.41, 5.74) is 6.23. The standard InChI is InChI=1S/C22H24N2O3S.C20H27N3O3S/c25-22(27-14-19-15-28-16-23-19)24-11-8-17(9-12-24)10-13-26-21-7-3-5-18-4-1-2-6-20(18)21;1-22(2)18-4-3-5-19(12-18)25-11-8-16-6-9-23(10-7-16)20(24)26-13-17-14-27-15-21-17/h1-7,15-17H,8-14H2;3-5,12,14-16H,6-11,13H2,1-2H3. The summed E-state index contributed by atoms with van der Waals surface area (Å²) in [4.78, 5) is 38.2. The Hall–Kier alpha value is -4.88. The first-order valence-corrected chi connectivity index (χ1v) is 20.9. The highest BCUT2D eigenvalue weighted by Gasteiger charge is 2.25. The minimum Gasteiger partial charge on any atom is -0.494 e. The molecule has 2 aromatic heterocycles. The van der Waals surface area contributed by atoms with Crippen molar-refractivity contribution in [2.75, 3.05) is 58.4 Å². The number of hydrogen-bond donors (Lipinski definition) is 0. The van der Waals surface area contributed by atoms with Gasteiger partial charge >= 0.3 is 12.2 Å². The number of hydrogen-bond acceptors (Lipinski definition) is 11. The van der Waals surface area contributed by atoms with Gasteiger partial charge in [0, 0.05) is 68.2 Å². The Bertz CT molecular complexity index is 1890. The van der Waals surface area contributed by atoms with E-state index in [1.165, 1.54) is 28.1 Å². The van der Waals surface area contributed by atoms with Crippen LogP contribution >= 0.6 is 22.7 Å². The highest BCUT2D eigenvalue weighted by Crippen LogP contribution is 2.27. The van der Waals surface area contributed by atoms with E-state index in [0.717, 1.165) is 98.7 Å². The van der Waals surface area contributed by atoms with Crippen molar-refractivity contribution in [1.82, 2.24) is 19.8 Å². The second-order valence-corrected chi connectivity index (χ2v) is 15.5. The fourth-order valence-corrected chi connectivity index (χ4v) is 7.82. The van der Waals surface area contributed by atoms with Crippen LogP contribution in [0.1, 0.15) is 49.9 Å². The second kappa shape index (κ2) is 20.7. The van der Waals surface area contributed by atoms with Gasteiger partial charge in [-0.2, -0.15) is 0 Å². The molecule has 13 heteroatoms. The maximum absolute atomic E-state index is 12.2. The van der Waals surface area contributed by atoms with Gasteiger partial charge in [-0.1, -0.05) is 42.5 Å². The molecule has 0 bridgehead atoms. The number of fused-ring (bicyclic) bond motifs is 1. The predicted octanol–water partition coefficient (Wildman–Crippen LogP) is 9.14. The van der Waals surface area contributed by atoms with Crippen molar-refractivity contribution in [2.45, 2.75) is 51.7 Å². The number of piperidine rings is 2. The summed E-state index contributed by atoms with van der Waals surface area (Å²) >= 11 is 3.01. The maximum atomic E-state index is 12.2. The van der Waals surface area contributed by atoms with Gasteiger partial charge in [-0.15, -0.1) is 22.7 Å². The molecule has 2 fully saturated rings. The number of carbonyl (C=O) groups is 2. The van der Waals surface area contributed by atoms with E-state index in [1.807, 2.05) is 61.3 Å². The Balaban J connectivity index is 0.000000187. The molecule has 0 unspecified atom stereocenters. The first kappa shape index (κ1) is 39.8. The van der Waals surface area contributed by atoms with E-state index in [0.29, 0.717) is 25.0 Å². The van der Waals surface area contributed by atoms with Crippen LogP contribution in [0.4, 0.5) is 15.3 Å². The number of aromatic nitrogens is 2. The zero-order valence-corrected chi connectivity index (χ0v) is 33.3. The topological polar surface area (TPSA) is 107 Å². The number of anilines is 1. The van der Waals surface area contributed by atoms with Crippen LogP contribution in [0.3, 0.4) is 0 Å². The average molecular weight is 786 g/mol. The molecule has 3 aromatic carbocycles. The summed E-state index contributed by atoms with van der Waals surface area (Å²) in [6.07, 6.45) is 5.50. The smallest absolute Gasteiger partial charge is 0.410 e. The molecule has 11 nitrogen and oxygen atoms in total. The zero-order chi connectivity index (χ0) is 38.2. The van der Waals surface area contributed by atoms with Crippen LogP contribution in [0, 0.1) is 11.8 Å². The maximum Gasteiger partial charge on any atom is 0.410 e. The van der Waals surface area contributed by atoms with Crippen molar-refractivity contribution in [1.29, 1.82) is 0 Å². The number of benzene rings is 3. The molecule has 2 amide bonds. The third-order valence-corrected chi connectivity index (χ3v) is 11.3. The van der Waals surface area contributed by atoms with E-state index in [9.17, 15) is 9.59 Å². The van der Waals surface area contributed by atoms with Gasteiger partial charge in [-0.25, -0.2) is 19.6 Å². The average Bonchev–Trinajstić information content (AvgIpc) is 3.96. The van der Waals surface area contributed by atoms with Crippen LogP contribution in [0.15, 0.2) is 88.5 Å². The largest absolute Gasteiger partial charge is 0.494 e. The summed E-state index contributed by atoms with van der Waals surface area (Å²) in [5, 5.41) is 6.15. The Morgan fingerprint density at radius 1 is 0.709 bits per heavy atom. The lowest BCUT2D eigenvalue weighted by Gasteiger charge is -2.31. The van der Waals surface area contributed by atoms with Gasteiger partial charge in [0.05, 0.1) is 35.6 Å². The Kier molecular flexibility index (Phi) is 15.0. The molecule has 7 rings (SSSR count). The van der Waals surface area contributed by atoms with Crippen molar-refractivity contribution < 1.29 is 28.5 Å². The molecule has 55 heavy (non-hydrogen) atoms. The molecular weight excluding hydrogens is 735 g/mol. The summed E-state index contributed by atoms with van der Waals surface area (Å²) in [6.45, 7) is 4.89. The molecule has 2 saturated heterocycles. The highest BCUT2D eigenvalue weighted by molar-refractivity contribution is 7.07. The number of likely N-dealkylation sites (tertiary alicyclic amines) is 2. The van der Waals surface area contributed by atoms with Crippen molar-refractivity contribution in [3.63, 3.8) is 0 Å². The van der Waals surface area contributed by atoms with Crippen molar-refractivity contribution >= 4 is 51.3 Å². The SMILES string of the molecule is CN(C)c1cccc(OCCC2CCN(C(=O)OCc3cscn3)CC2)c1.O=C(OCc1cscn1)N1CCC(CCOc2cccc3ccccc23)CC1. The normalized spacial score (nSPS) is 14.9. The molecule has 292 valence electrons. The van der Waals surface area contributed by atoms with Gasteiger partial charge in [0.1, 0.15) is 24.7 Å². The van der Waals surface area contributed by atoms with Gasteiger partial charge in [-0.05, 0) is 73.9 Å². The molecule has 5 aromatic rings. The third kappa shape index (κ3) is 12.3. The van der Waals surface area contributed by atoms with Crippen molar-refractivity contribution in [2.24, 2.45) is 11.8 Å². The molecule has 2 aliphatic heterocycles.